The summed E-state index contributed by atoms with van der Waals surface area (Å²) < 4.78 is 11.8. The number of hydrogen-bond acceptors (Lipinski definition) is 5. The van der Waals surface area contributed by atoms with Crippen LogP contribution in [0.15, 0.2) is 60.9 Å². The van der Waals surface area contributed by atoms with Crippen molar-refractivity contribution in [3.63, 3.8) is 0 Å². The monoisotopic (exact) mass is 370 g/mol. The molecule has 0 aliphatic heterocycles. The Bertz CT molecular complexity index is 921. The molecule has 0 saturated carbocycles. The lowest BCUT2D eigenvalue weighted by molar-refractivity contribution is 0.0475. The molecule has 0 spiro atoms. The number of Topliss-reactive ketones (excluding diaryl/α,β-unsaturated/α-hetero) is 1. The zero-order chi connectivity index (χ0) is 18.5. The summed E-state index contributed by atoms with van der Waals surface area (Å²) in [6, 6.07) is 13.2. The van der Waals surface area contributed by atoms with Crippen LogP contribution in [0.4, 0.5) is 0 Å². The molecule has 0 amide bonds. The van der Waals surface area contributed by atoms with Gasteiger partial charge in [0.25, 0.3) is 0 Å². The predicted molar refractivity (Wildman–Crippen MR) is 96.2 cm³/mol. The summed E-state index contributed by atoms with van der Waals surface area (Å²) >= 11 is 6.00. The van der Waals surface area contributed by atoms with E-state index in [4.69, 9.17) is 21.1 Å². The summed E-state index contributed by atoms with van der Waals surface area (Å²) in [5.41, 5.74) is 1.51. The second-order valence-corrected chi connectivity index (χ2v) is 5.75. The Hall–Kier alpha value is -3.12. The van der Waals surface area contributed by atoms with Crippen molar-refractivity contribution >= 4 is 23.4 Å². The average Bonchev–Trinajstić information content (AvgIpc) is 3.20. The molecule has 1 heterocycles. The van der Waals surface area contributed by atoms with Crippen molar-refractivity contribution < 1.29 is 19.1 Å². The Morgan fingerprint density at radius 2 is 1.85 bits per heavy atom. The first kappa shape index (κ1) is 17.7. The number of methoxy groups -OCH3 is 1. The molecule has 0 N–H and O–H groups in total. The number of ether oxygens (including phenoxy) is 2. The van der Waals surface area contributed by atoms with Gasteiger partial charge in [0.2, 0.25) is 0 Å². The number of carbonyl (C=O) groups is 2. The highest BCUT2D eigenvalue weighted by atomic mass is 35.5. The molecule has 26 heavy (non-hydrogen) atoms. The molecule has 7 heteroatoms. The van der Waals surface area contributed by atoms with Crippen molar-refractivity contribution in [1.82, 2.24) is 9.78 Å². The van der Waals surface area contributed by atoms with Gasteiger partial charge in [-0.15, -0.1) is 0 Å². The molecule has 3 aromatic rings. The third-order valence-corrected chi connectivity index (χ3v) is 3.98. The van der Waals surface area contributed by atoms with Crippen LogP contribution in [0.2, 0.25) is 5.02 Å². The summed E-state index contributed by atoms with van der Waals surface area (Å²) in [5.74, 6) is -0.460. The highest BCUT2D eigenvalue weighted by molar-refractivity contribution is 6.32. The lowest BCUT2D eigenvalue weighted by Crippen LogP contribution is -2.14. The fraction of sp³-hybridized carbons (Fsp3) is 0.105. The predicted octanol–water partition coefficient (Wildman–Crippen LogP) is 3.57. The summed E-state index contributed by atoms with van der Waals surface area (Å²) in [4.78, 5) is 24.3. The fourth-order valence-corrected chi connectivity index (χ4v) is 2.57. The standard InChI is InChI=1S/C19H15ClN2O4/c1-25-18-8-5-14(11-16(18)20)17(23)12-26-19(24)13-3-6-15(7-4-13)22-10-2-9-21-22/h2-11H,12H2,1H3. The van der Waals surface area contributed by atoms with Gasteiger partial charge in [-0.1, -0.05) is 11.6 Å². The van der Waals surface area contributed by atoms with Crippen molar-refractivity contribution in [3.8, 4) is 11.4 Å². The number of halogens is 1. The zero-order valence-electron chi connectivity index (χ0n) is 13.9. The SMILES string of the molecule is COc1ccc(C(=O)COC(=O)c2ccc(-n3cccn3)cc2)cc1Cl. The third kappa shape index (κ3) is 3.92. The lowest BCUT2D eigenvalue weighted by atomic mass is 10.1. The van der Waals surface area contributed by atoms with E-state index in [2.05, 4.69) is 5.10 Å². The lowest BCUT2D eigenvalue weighted by Gasteiger charge is -2.07. The Balaban J connectivity index is 1.61. The number of carbonyl (C=O) groups excluding carboxylic acids is 2. The molecule has 0 atom stereocenters. The van der Waals surface area contributed by atoms with Gasteiger partial charge in [0, 0.05) is 18.0 Å². The van der Waals surface area contributed by atoms with E-state index in [9.17, 15) is 9.59 Å². The summed E-state index contributed by atoms with van der Waals surface area (Å²) in [5, 5.41) is 4.43. The topological polar surface area (TPSA) is 70.4 Å². The van der Waals surface area contributed by atoms with E-state index in [0.717, 1.165) is 5.69 Å². The molecule has 0 aliphatic carbocycles. The largest absolute Gasteiger partial charge is 0.495 e. The quantitative estimate of drug-likeness (QED) is 0.490. The van der Waals surface area contributed by atoms with E-state index in [1.54, 1.807) is 59.5 Å². The molecule has 132 valence electrons. The molecule has 0 aliphatic rings. The van der Waals surface area contributed by atoms with Gasteiger partial charge >= 0.3 is 5.97 Å². The number of esters is 1. The molecule has 6 nitrogen and oxygen atoms in total. The van der Waals surface area contributed by atoms with Crippen LogP contribution in [0.3, 0.4) is 0 Å². The van der Waals surface area contributed by atoms with Gasteiger partial charge in [-0.05, 0) is 48.5 Å². The van der Waals surface area contributed by atoms with Gasteiger partial charge < -0.3 is 9.47 Å². The van der Waals surface area contributed by atoms with Crippen molar-refractivity contribution in [1.29, 1.82) is 0 Å². The minimum Gasteiger partial charge on any atom is -0.495 e. The van der Waals surface area contributed by atoms with E-state index >= 15 is 0 Å². The Labute approximate surface area is 154 Å². The number of benzene rings is 2. The van der Waals surface area contributed by atoms with Crippen molar-refractivity contribution in [2.75, 3.05) is 13.7 Å². The highest BCUT2D eigenvalue weighted by Gasteiger charge is 2.13. The van der Waals surface area contributed by atoms with E-state index < -0.39 is 5.97 Å². The smallest absolute Gasteiger partial charge is 0.338 e. The highest BCUT2D eigenvalue weighted by Crippen LogP contribution is 2.25. The molecule has 0 radical (unpaired) electrons. The Morgan fingerprint density at radius 1 is 1.12 bits per heavy atom. The summed E-state index contributed by atoms with van der Waals surface area (Å²) in [7, 11) is 1.49. The molecular weight excluding hydrogens is 356 g/mol. The molecule has 0 saturated heterocycles. The maximum absolute atomic E-state index is 12.2. The number of rotatable bonds is 6. The van der Waals surface area contributed by atoms with Crippen molar-refractivity contribution in [2.24, 2.45) is 0 Å². The number of ketones is 1. The molecule has 2 aromatic carbocycles. The Morgan fingerprint density at radius 3 is 2.46 bits per heavy atom. The van der Waals surface area contributed by atoms with Gasteiger partial charge in [0.05, 0.1) is 23.4 Å². The van der Waals surface area contributed by atoms with Crippen LogP contribution >= 0.6 is 11.6 Å². The van der Waals surface area contributed by atoms with Gasteiger partial charge in [0.15, 0.2) is 12.4 Å². The fourth-order valence-electron chi connectivity index (χ4n) is 2.31. The van der Waals surface area contributed by atoms with Crippen LogP contribution in [0, 0.1) is 0 Å². The van der Waals surface area contributed by atoms with Crippen molar-refractivity contribution in [3.05, 3.63) is 77.1 Å². The maximum Gasteiger partial charge on any atom is 0.338 e. The molecule has 3 rings (SSSR count). The zero-order valence-corrected chi connectivity index (χ0v) is 14.6. The first-order valence-electron chi connectivity index (χ1n) is 7.72. The van der Waals surface area contributed by atoms with E-state index in [1.165, 1.54) is 13.2 Å². The Kier molecular flexibility index (Phi) is 5.34. The van der Waals surface area contributed by atoms with E-state index in [-0.39, 0.29) is 12.4 Å². The average molecular weight is 371 g/mol. The van der Waals surface area contributed by atoms with Crippen LogP contribution in [-0.2, 0) is 4.74 Å². The van der Waals surface area contributed by atoms with E-state index in [1.807, 2.05) is 0 Å². The second kappa shape index (κ2) is 7.84. The van der Waals surface area contributed by atoms with Crippen molar-refractivity contribution in [2.45, 2.75) is 0 Å². The van der Waals surface area contributed by atoms with Crippen LogP contribution in [0.5, 0.6) is 5.75 Å². The van der Waals surface area contributed by atoms with Gasteiger partial charge in [-0.25, -0.2) is 9.48 Å². The molecule has 0 fully saturated rings. The minimum atomic E-state index is -0.579. The van der Waals surface area contributed by atoms with Gasteiger partial charge in [0.1, 0.15) is 5.75 Å². The number of nitrogens with zero attached hydrogens (tertiary/aromatic N) is 2. The maximum atomic E-state index is 12.2. The van der Waals surface area contributed by atoms with Crippen LogP contribution in [0.1, 0.15) is 20.7 Å². The first-order chi connectivity index (χ1) is 12.6. The molecule has 0 unspecified atom stereocenters. The van der Waals surface area contributed by atoms with Gasteiger partial charge in [-0.2, -0.15) is 5.10 Å². The normalized spacial score (nSPS) is 10.4. The van der Waals surface area contributed by atoms with Crippen LogP contribution in [-0.4, -0.2) is 35.2 Å². The summed E-state index contributed by atoms with van der Waals surface area (Å²) in [6.45, 7) is -0.373. The molecule has 1 aromatic heterocycles. The molecular formula is C19H15ClN2O4. The molecule has 0 bridgehead atoms. The van der Waals surface area contributed by atoms with Gasteiger partial charge in [-0.3, -0.25) is 4.79 Å². The summed E-state index contributed by atoms with van der Waals surface area (Å²) in [6.07, 6.45) is 3.46. The first-order valence-corrected chi connectivity index (χ1v) is 8.10. The van der Waals surface area contributed by atoms with Crippen LogP contribution in [0.25, 0.3) is 5.69 Å². The number of aromatic nitrogens is 2. The van der Waals surface area contributed by atoms with Crippen LogP contribution < -0.4 is 4.74 Å². The third-order valence-electron chi connectivity index (χ3n) is 3.68. The number of hydrogen-bond donors (Lipinski definition) is 0. The second-order valence-electron chi connectivity index (χ2n) is 5.35. The van der Waals surface area contributed by atoms with E-state index in [0.29, 0.717) is 21.9 Å². The minimum absolute atomic E-state index is 0.318.